The number of nitrogens with one attached hydrogen (secondary N) is 1. The largest absolute Gasteiger partial charge is 0.482 e. The minimum Gasteiger partial charge on any atom is -0.482 e. The first-order chi connectivity index (χ1) is 10.2. The first-order valence-electron chi connectivity index (χ1n) is 7.10. The zero-order valence-electron chi connectivity index (χ0n) is 11.6. The third kappa shape index (κ3) is 3.45. The molecule has 0 radical (unpaired) electrons. The standard InChI is InChI=1S/C15H17NO5/c17-14-8-20-13-6-5-11(7-12(13)16-14)19-9-15(18)21-10-3-1-2-4-10/h5-7,10H,1-4,8-9H2,(H,16,17). The topological polar surface area (TPSA) is 73.9 Å². The fourth-order valence-electron chi connectivity index (χ4n) is 2.52. The van der Waals surface area contributed by atoms with Gasteiger partial charge < -0.3 is 19.5 Å². The second kappa shape index (κ2) is 6.03. The predicted molar refractivity (Wildman–Crippen MR) is 74.4 cm³/mol. The number of carbonyl (C=O) groups excluding carboxylic acids is 2. The molecule has 0 bridgehead atoms. The van der Waals surface area contributed by atoms with Crippen LogP contribution >= 0.6 is 0 Å². The molecule has 6 heteroatoms. The minimum atomic E-state index is -0.361. The zero-order valence-corrected chi connectivity index (χ0v) is 11.6. The van der Waals surface area contributed by atoms with E-state index in [0.29, 0.717) is 17.2 Å². The Kier molecular flexibility index (Phi) is 3.94. The smallest absolute Gasteiger partial charge is 0.344 e. The molecule has 21 heavy (non-hydrogen) atoms. The van der Waals surface area contributed by atoms with E-state index in [1.165, 1.54) is 0 Å². The second-order valence-corrected chi connectivity index (χ2v) is 5.18. The lowest BCUT2D eigenvalue weighted by Gasteiger charge is -2.18. The molecule has 1 fully saturated rings. The highest BCUT2D eigenvalue weighted by molar-refractivity contribution is 5.95. The Hall–Kier alpha value is -2.24. The second-order valence-electron chi connectivity index (χ2n) is 5.18. The fourth-order valence-corrected chi connectivity index (χ4v) is 2.52. The van der Waals surface area contributed by atoms with Crippen LogP contribution in [-0.4, -0.2) is 31.2 Å². The van der Waals surface area contributed by atoms with Crippen molar-refractivity contribution >= 4 is 17.6 Å². The van der Waals surface area contributed by atoms with Crippen LogP contribution in [0, 0.1) is 0 Å². The Bertz CT molecular complexity index is 551. The molecule has 1 amide bonds. The summed E-state index contributed by atoms with van der Waals surface area (Å²) in [5.41, 5.74) is 0.549. The number of amides is 1. The van der Waals surface area contributed by atoms with E-state index >= 15 is 0 Å². The van der Waals surface area contributed by atoms with Gasteiger partial charge >= 0.3 is 5.97 Å². The lowest BCUT2D eigenvalue weighted by Crippen LogP contribution is -2.25. The van der Waals surface area contributed by atoms with E-state index in [0.717, 1.165) is 25.7 Å². The van der Waals surface area contributed by atoms with E-state index in [1.54, 1.807) is 18.2 Å². The number of esters is 1. The van der Waals surface area contributed by atoms with Gasteiger partial charge in [-0.25, -0.2) is 4.79 Å². The summed E-state index contributed by atoms with van der Waals surface area (Å²) in [5.74, 6) is 0.513. The van der Waals surface area contributed by atoms with Crippen molar-refractivity contribution < 1.29 is 23.8 Å². The lowest BCUT2D eigenvalue weighted by molar-refractivity contribution is -0.151. The third-order valence-electron chi connectivity index (χ3n) is 3.54. The molecule has 0 spiro atoms. The van der Waals surface area contributed by atoms with Gasteiger partial charge in [0.25, 0.3) is 5.91 Å². The number of fused-ring (bicyclic) bond motifs is 1. The molecule has 0 saturated heterocycles. The van der Waals surface area contributed by atoms with E-state index in [1.807, 2.05) is 0 Å². The molecule has 0 unspecified atom stereocenters. The summed E-state index contributed by atoms with van der Waals surface area (Å²) in [7, 11) is 0. The molecule has 1 saturated carbocycles. The fraction of sp³-hybridized carbons (Fsp3) is 0.467. The Morgan fingerprint density at radius 2 is 2.14 bits per heavy atom. The summed E-state index contributed by atoms with van der Waals surface area (Å²) >= 11 is 0. The normalized spacial score (nSPS) is 17.6. The van der Waals surface area contributed by atoms with Gasteiger partial charge in [0.15, 0.2) is 13.2 Å². The van der Waals surface area contributed by atoms with E-state index in [4.69, 9.17) is 14.2 Å². The highest BCUT2D eigenvalue weighted by Gasteiger charge is 2.20. The van der Waals surface area contributed by atoms with Gasteiger partial charge in [-0.3, -0.25) is 4.79 Å². The van der Waals surface area contributed by atoms with E-state index in [9.17, 15) is 9.59 Å². The number of carbonyl (C=O) groups is 2. The molecule has 6 nitrogen and oxygen atoms in total. The predicted octanol–water partition coefficient (Wildman–Crippen LogP) is 1.88. The molecular weight excluding hydrogens is 274 g/mol. The molecule has 2 aliphatic rings. The van der Waals surface area contributed by atoms with Gasteiger partial charge in [0.05, 0.1) is 5.69 Å². The lowest BCUT2D eigenvalue weighted by atomic mass is 10.2. The summed E-state index contributed by atoms with van der Waals surface area (Å²) < 4.78 is 15.9. The van der Waals surface area contributed by atoms with E-state index in [2.05, 4.69) is 5.32 Å². The van der Waals surface area contributed by atoms with Gasteiger partial charge in [-0.05, 0) is 37.8 Å². The number of benzene rings is 1. The van der Waals surface area contributed by atoms with Crippen LogP contribution in [0.2, 0.25) is 0 Å². The van der Waals surface area contributed by atoms with Crippen LogP contribution in [0.3, 0.4) is 0 Å². The van der Waals surface area contributed by atoms with Gasteiger partial charge in [0.1, 0.15) is 17.6 Å². The van der Waals surface area contributed by atoms with Crippen molar-refractivity contribution in [3.63, 3.8) is 0 Å². The Morgan fingerprint density at radius 3 is 2.95 bits per heavy atom. The Morgan fingerprint density at radius 1 is 1.33 bits per heavy atom. The van der Waals surface area contributed by atoms with Gasteiger partial charge in [0.2, 0.25) is 0 Å². The molecule has 3 rings (SSSR count). The van der Waals surface area contributed by atoms with Gasteiger partial charge in [0, 0.05) is 6.07 Å². The highest BCUT2D eigenvalue weighted by atomic mass is 16.6. The summed E-state index contributed by atoms with van der Waals surface area (Å²) in [5, 5.41) is 2.69. The van der Waals surface area contributed by atoms with Crippen LogP contribution in [0.25, 0.3) is 0 Å². The molecule has 112 valence electrons. The van der Waals surface area contributed by atoms with Crippen LogP contribution in [0.4, 0.5) is 5.69 Å². The Labute approximate surface area is 122 Å². The van der Waals surface area contributed by atoms with Crippen LogP contribution in [0.1, 0.15) is 25.7 Å². The molecule has 1 aliphatic heterocycles. The molecule has 1 heterocycles. The maximum absolute atomic E-state index is 11.7. The average Bonchev–Trinajstić information content (AvgIpc) is 2.97. The summed E-state index contributed by atoms with van der Waals surface area (Å²) in [6.07, 6.45) is 4.14. The summed E-state index contributed by atoms with van der Waals surface area (Å²) in [6.45, 7) is -0.120. The molecule has 1 N–H and O–H groups in total. The SMILES string of the molecule is O=C1COc2ccc(OCC(=O)OC3CCCC3)cc2N1. The van der Waals surface area contributed by atoms with Crippen LogP contribution in [0.5, 0.6) is 11.5 Å². The van der Waals surface area contributed by atoms with Crippen molar-refractivity contribution in [3.05, 3.63) is 18.2 Å². The first kappa shape index (κ1) is 13.7. The van der Waals surface area contributed by atoms with E-state index in [-0.39, 0.29) is 31.2 Å². The van der Waals surface area contributed by atoms with Crippen molar-refractivity contribution in [2.45, 2.75) is 31.8 Å². The number of hydrogen-bond acceptors (Lipinski definition) is 5. The molecule has 1 aromatic rings. The van der Waals surface area contributed by atoms with Crippen LogP contribution < -0.4 is 14.8 Å². The third-order valence-corrected chi connectivity index (χ3v) is 3.54. The summed E-state index contributed by atoms with van der Waals surface area (Å²) in [4.78, 5) is 22.9. The molecule has 1 aliphatic carbocycles. The van der Waals surface area contributed by atoms with Crippen molar-refractivity contribution in [1.82, 2.24) is 0 Å². The highest BCUT2D eigenvalue weighted by Crippen LogP contribution is 2.31. The van der Waals surface area contributed by atoms with Gasteiger partial charge in [-0.1, -0.05) is 0 Å². The molecule has 0 atom stereocenters. The Balaban J connectivity index is 1.54. The maximum atomic E-state index is 11.7. The summed E-state index contributed by atoms with van der Waals surface area (Å²) in [6, 6.07) is 5.03. The molecule has 1 aromatic carbocycles. The van der Waals surface area contributed by atoms with Gasteiger partial charge in [-0.15, -0.1) is 0 Å². The van der Waals surface area contributed by atoms with Crippen molar-refractivity contribution in [2.24, 2.45) is 0 Å². The average molecular weight is 291 g/mol. The van der Waals surface area contributed by atoms with Gasteiger partial charge in [-0.2, -0.15) is 0 Å². The van der Waals surface area contributed by atoms with Crippen molar-refractivity contribution in [1.29, 1.82) is 0 Å². The van der Waals surface area contributed by atoms with Crippen LogP contribution in [-0.2, 0) is 14.3 Å². The number of anilines is 1. The quantitative estimate of drug-likeness (QED) is 0.857. The molecular formula is C15H17NO5. The number of rotatable bonds is 4. The zero-order chi connectivity index (χ0) is 14.7. The first-order valence-corrected chi connectivity index (χ1v) is 7.10. The monoisotopic (exact) mass is 291 g/mol. The van der Waals surface area contributed by atoms with Crippen molar-refractivity contribution in [3.8, 4) is 11.5 Å². The number of ether oxygens (including phenoxy) is 3. The van der Waals surface area contributed by atoms with Crippen LogP contribution in [0.15, 0.2) is 18.2 Å². The van der Waals surface area contributed by atoms with E-state index < -0.39 is 0 Å². The number of hydrogen-bond donors (Lipinski definition) is 1. The minimum absolute atomic E-state index is 0.0148. The van der Waals surface area contributed by atoms with Crippen molar-refractivity contribution in [2.75, 3.05) is 18.5 Å². The molecule has 0 aromatic heterocycles. The maximum Gasteiger partial charge on any atom is 0.344 e.